The van der Waals surface area contributed by atoms with Crippen molar-refractivity contribution in [1.82, 2.24) is 4.98 Å². The second-order valence-corrected chi connectivity index (χ2v) is 10.1. The summed E-state index contributed by atoms with van der Waals surface area (Å²) in [7, 11) is -3.99. The van der Waals surface area contributed by atoms with Crippen molar-refractivity contribution >= 4 is 33.1 Å². The first kappa shape index (κ1) is 23.4. The molecular weight excluding hydrogens is 464 g/mol. The van der Waals surface area contributed by atoms with Gasteiger partial charge in [0.2, 0.25) is 0 Å². The molecule has 172 valence electrons. The average molecular weight is 487 g/mol. The van der Waals surface area contributed by atoms with Crippen molar-refractivity contribution in [2.24, 2.45) is 0 Å². The van der Waals surface area contributed by atoms with Gasteiger partial charge >= 0.3 is 0 Å². The number of benzene rings is 2. The summed E-state index contributed by atoms with van der Waals surface area (Å²) in [6, 6.07) is 13.8. The summed E-state index contributed by atoms with van der Waals surface area (Å²) < 4.78 is 40.5. The first-order valence-electron chi connectivity index (χ1n) is 10.3. The number of nitrogens with zero attached hydrogens (tertiary/aromatic N) is 1. The van der Waals surface area contributed by atoms with Crippen LogP contribution in [0.15, 0.2) is 71.9 Å². The van der Waals surface area contributed by atoms with Crippen molar-refractivity contribution in [3.8, 4) is 0 Å². The van der Waals surface area contributed by atoms with E-state index in [1.807, 2.05) is 13.8 Å². The number of halogens is 1. The van der Waals surface area contributed by atoms with E-state index in [0.717, 1.165) is 0 Å². The molecule has 0 aliphatic carbocycles. The molecule has 2 heterocycles. The van der Waals surface area contributed by atoms with Crippen molar-refractivity contribution in [3.05, 3.63) is 88.7 Å². The summed E-state index contributed by atoms with van der Waals surface area (Å²) in [5.74, 6) is -1.32. The van der Waals surface area contributed by atoms with Gasteiger partial charge in [-0.05, 0) is 63.2 Å². The zero-order valence-corrected chi connectivity index (χ0v) is 19.9. The van der Waals surface area contributed by atoms with E-state index in [9.17, 15) is 13.2 Å². The van der Waals surface area contributed by atoms with Gasteiger partial charge in [-0.1, -0.05) is 23.7 Å². The highest BCUT2D eigenvalue weighted by atomic mass is 35.5. The maximum atomic E-state index is 13.1. The number of carbonyl (C=O) groups is 1. The van der Waals surface area contributed by atoms with Gasteiger partial charge in [-0.2, -0.15) is 0 Å². The van der Waals surface area contributed by atoms with Gasteiger partial charge in [0.05, 0.1) is 22.8 Å². The number of anilines is 1. The van der Waals surface area contributed by atoms with Crippen LogP contribution in [0.1, 0.15) is 42.3 Å². The Balaban J connectivity index is 1.62. The molecule has 1 saturated heterocycles. The van der Waals surface area contributed by atoms with E-state index in [4.69, 9.17) is 21.1 Å². The molecule has 9 heteroatoms. The van der Waals surface area contributed by atoms with E-state index in [0.29, 0.717) is 16.1 Å². The van der Waals surface area contributed by atoms with Crippen LogP contribution in [-0.2, 0) is 25.3 Å². The molecule has 3 aromatic rings. The first-order valence-corrected chi connectivity index (χ1v) is 12.2. The van der Waals surface area contributed by atoms with E-state index in [1.54, 1.807) is 31.2 Å². The summed E-state index contributed by atoms with van der Waals surface area (Å²) >= 11 is 6.08. The zero-order chi connectivity index (χ0) is 23.8. The van der Waals surface area contributed by atoms with Crippen LogP contribution in [0.2, 0.25) is 5.02 Å². The number of hydrogen-bond donors (Lipinski definition) is 1. The maximum absolute atomic E-state index is 13.1. The second-order valence-electron chi connectivity index (χ2n) is 7.98. The molecule has 7 nitrogen and oxygen atoms in total. The van der Waals surface area contributed by atoms with Crippen LogP contribution in [0.4, 0.5) is 5.69 Å². The Bertz CT molecular complexity index is 1270. The molecule has 2 unspecified atom stereocenters. The summed E-state index contributed by atoms with van der Waals surface area (Å²) in [6.45, 7) is 5.66. The third-order valence-electron chi connectivity index (χ3n) is 5.58. The number of hydrogen-bond acceptors (Lipinski definition) is 6. The highest BCUT2D eigenvalue weighted by Crippen LogP contribution is 2.37. The van der Waals surface area contributed by atoms with Crippen LogP contribution < -0.4 is 4.72 Å². The Kier molecular flexibility index (Phi) is 6.28. The fourth-order valence-corrected chi connectivity index (χ4v) is 4.91. The number of sulfonamides is 1. The van der Waals surface area contributed by atoms with Gasteiger partial charge in [0, 0.05) is 34.1 Å². The quantitative estimate of drug-likeness (QED) is 0.504. The molecule has 0 spiro atoms. The van der Waals surface area contributed by atoms with Gasteiger partial charge in [0.25, 0.3) is 10.0 Å². The van der Waals surface area contributed by atoms with Crippen molar-refractivity contribution in [2.75, 3.05) is 4.72 Å². The highest BCUT2D eigenvalue weighted by Gasteiger charge is 2.41. The molecule has 0 saturated carbocycles. The second kappa shape index (κ2) is 8.87. The zero-order valence-electron chi connectivity index (χ0n) is 18.3. The third-order valence-corrected chi connectivity index (χ3v) is 7.20. The molecule has 4 rings (SSSR count). The highest BCUT2D eigenvalue weighted by molar-refractivity contribution is 7.92. The lowest BCUT2D eigenvalue weighted by Crippen LogP contribution is -2.24. The Morgan fingerprint density at radius 2 is 1.61 bits per heavy atom. The lowest BCUT2D eigenvalue weighted by atomic mass is 10.0. The number of ketones is 1. The molecule has 0 radical (unpaired) electrons. The predicted molar refractivity (Wildman–Crippen MR) is 125 cm³/mol. The minimum absolute atomic E-state index is 0.0335. The fourth-order valence-electron chi connectivity index (χ4n) is 3.66. The molecule has 1 fully saturated rings. The number of ether oxygens (including phenoxy) is 2. The lowest BCUT2D eigenvalue weighted by Gasteiger charge is -2.24. The maximum Gasteiger partial charge on any atom is 0.261 e. The van der Waals surface area contributed by atoms with Gasteiger partial charge in [0.15, 0.2) is 11.6 Å². The van der Waals surface area contributed by atoms with Crippen molar-refractivity contribution < 1.29 is 22.7 Å². The Morgan fingerprint density at radius 3 is 2.21 bits per heavy atom. The lowest BCUT2D eigenvalue weighted by molar-refractivity contribution is -0.166. The van der Waals surface area contributed by atoms with Crippen LogP contribution in [-0.4, -0.2) is 31.4 Å². The van der Waals surface area contributed by atoms with Crippen LogP contribution in [0.5, 0.6) is 0 Å². The van der Waals surface area contributed by atoms with Gasteiger partial charge in [-0.25, -0.2) is 8.42 Å². The topological polar surface area (TPSA) is 94.6 Å². The summed E-state index contributed by atoms with van der Waals surface area (Å²) in [6.07, 6.45) is 2.81. The van der Waals surface area contributed by atoms with Crippen molar-refractivity contribution in [1.29, 1.82) is 0 Å². The minimum atomic E-state index is -3.99. The monoisotopic (exact) mass is 486 g/mol. The summed E-state index contributed by atoms with van der Waals surface area (Å²) in [4.78, 5) is 16.9. The molecule has 2 aromatic carbocycles. The molecule has 33 heavy (non-hydrogen) atoms. The molecule has 0 bridgehead atoms. The number of pyridine rings is 1. The number of carbonyl (C=O) groups excluding carboxylic acids is 1. The van der Waals surface area contributed by atoms with Crippen LogP contribution in [0.25, 0.3) is 0 Å². The van der Waals surface area contributed by atoms with Gasteiger partial charge in [-0.15, -0.1) is 0 Å². The molecule has 1 aliphatic heterocycles. The number of nitrogens with one attached hydrogen (secondary N) is 1. The van der Waals surface area contributed by atoms with Gasteiger partial charge in [0.1, 0.15) is 0 Å². The number of rotatable bonds is 6. The Hall–Kier alpha value is -2.78. The Labute approximate surface area is 197 Å². The molecule has 0 amide bonds. The molecular formula is C24H23ClN2O5S. The van der Waals surface area contributed by atoms with Crippen molar-refractivity contribution in [2.45, 2.75) is 43.7 Å². The summed E-state index contributed by atoms with van der Waals surface area (Å²) in [5.41, 5.74) is 1.34. The first-order chi connectivity index (χ1) is 15.6. The number of aromatic nitrogens is 1. The van der Waals surface area contributed by atoms with E-state index in [2.05, 4.69) is 9.71 Å². The average Bonchev–Trinajstić information content (AvgIpc) is 3.07. The SMILES string of the molecule is CC1OC(C)(c2ccc(S(=O)(=O)Nc3ccc(Cl)cc3C(=O)c3ccncc3)cc2)OC1C. The summed E-state index contributed by atoms with van der Waals surface area (Å²) in [5, 5.41) is 0.313. The standard InChI is InChI=1S/C24H23ClN2O5S/c1-15-16(2)32-24(3,31-15)18-4-7-20(8-5-18)33(29,30)27-22-9-6-19(25)14-21(22)23(28)17-10-12-26-13-11-17/h4-16,27H,1-3H3. The van der Waals surface area contributed by atoms with Gasteiger partial charge < -0.3 is 9.47 Å². The molecule has 1 aromatic heterocycles. The fraction of sp³-hybridized carbons (Fsp3) is 0.250. The van der Waals surface area contributed by atoms with Gasteiger partial charge in [-0.3, -0.25) is 14.5 Å². The Morgan fingerprint density at radius 1 is 1.00 bits per heavy atom. The third kappa shape index (κ3) is 4.79. The minimum Gasteiger partial charge on any atom is -0.340 e. The predicted octanol–water partition coefficient (Wildman–Crippen LogP) is 4.76. The van der Waals surface area contributed by atoms with E-state index >= 15 is 0 Å². The van der Waals surface area contributed by atoms with E-state index < -0.39 is 15.8 Å². The van der Waals surface area contributed by atoms with Crippen LogP contribution in [0, 0.1) is 0 Å². The van der Waals surface area contributed by atoms with Crippen molar-refractivity contribution in [3.63, 3.8) is 0 Å². The van der Waals surface area contributed by atoms with E-state index in [-0.39, 0.29) is 34.1 Å². The molecule has 1 aliphatic rings. The van der Waals surface area contributed by atoms with Crippen LogP contribution >= 0.6 is 11.6 Å². The van der Waals surface area contributed by atoms with E-state index in [1.165, 1.54) is 42.7 Å². The smallest absolute Gasteiger partial charge is 0.261 e. The molecule has 1 N–H and O–H groups in total. The molecule has 2 atom stereocenters. The largest absolute Gasteiger partial charge is 0.340 e. The normalized spacial score (nSPS) is 22.8. The van der Waals surface area contributed by atoms with Crippen LogP contribution in [0.3, 0.4) is 0 Å².